The Balaban J connectivity index is 1.30. The van der Waals surface area contributed by atoms with Crippen LogP contribution in [-0.4, -0.2) is 76.6 Å². The first-order chi connectivity index (χ1) is 13.7. The lowest BCUT2D eigenvalue weighted by molar-refractivity contribution is -0.255. The number of likely N-dealkylation sites (tertiary alicyclic amines) is 1. The van der Waals surface area contributed by atoms with Gasteiger partial charge in [-0.05, 0) is 24.0 Å². The van der Waals surface area contributed by atoms with Crippen molar-refractivity contribution in [1.82, 2.24) is 10.2 Å². The molecule has 1 aromatic rings. The molecule has 0 radical (unpaired) electrons. The Morgan fingerprint density at radius 1 is 1.28 bits per heavy atom. The van der Waals surface area contributed by atoms with E-state index in [0.29, 0.717) is 24.9 Å². The normalized spacial score (nSPS) is 31.9. The Labute approximate surface area is 166 Å². The molecule has 1 amide bonds. The number of β-amino-alcohol motifs (C(OH)–C–C–N with tert-alkyl or cyclic N) is 1. The van der Waals surface area contributed by atoms with E-state index in [1.165, 1.54) is 6.07 Å². The van der Waals surface area contributed by atoms with Crippen molar-refractivity contribution in [3.63, 3.8) is 0 Å². The number of hydrogen-bond donors (Lipinski definition) is 4. The summed E-state index contributed by atoms with van der Waals surface area (Å²) in [6.45, 7) is -2.16. The Kier molecular flexibility index (Phi) is 4.08. The minimum Gasteiger partial charge on any atom is -0.669 e. The van der Waals surface area contributed by atoms with Crippen molar-refractivity contribution in [2.75, 3.05) is 19.6 Å². The minimum absolute atomic E-state index is 0.0148. The number of carbonyl (C=O) groups excluding carboxylic acids is 2. The van der Waals surface area contributed by atoms with Crippen LogP contribution in [-0.2, 0) is 4.79 Å². The third-order valence-electron chi connectivity index (χ3n) is 6.30. The van der Waals surface area contributed by atoms with Crippen LogP contribution in [0.1, 0.15) is 34.7 Å². The van der Waals surface area contributed by atoms with Crippen molar-refractivity contribution in [3.05, 3.63) is 23.3 Å². The number of nitrogens with one attached hydrogen (secondary N) is 1. The Morgan fingerprint density at radius 2 is 2.03 bits per heavy atom. The number of hydrogen-bond acceptors (Lipinski definition) is 9. The lowest BCUT2D eigenvalue weighted by Crippen LogP contribution is -2.59. The summed E-state index contributed by atoms with van der Waals surface area (Å²) in [5.74, 6) is -2.31. The minimum atomic E-state index is -3.12. The van der Waals surface area contributed by atoms with E-state index in [9.17, 15) is 29.9 Å². The van der Waals surface area contributed by atoms with Crippen LogP contribution in [0.3, 0.4) is 0 Å². The fraction of sp³-hybridized carbons (Fsp3) is 0.556. The van der Waals surface area contributed by atoms with Gasteiger partial charge in [-0.25, -0.2) is 0 Å². The van der Waals surface area contributed by atoms with Gasteiger partial charge < -0.3 is 44.7 Å². The number of aromatic carboxylic acids is 1. The first-order valence-electron chi connectivity index (χ1n) is 9.78. The van der Waals surface area contributed by atoms with Crippen molar-refractivity contribution in [2.45, 2.75) is 42.8 Å². The molecular weight excluding hydrogens is 383 g/mol. The van der Waals surface area contributed by atoms with Crippen LogP contribution in [0.25, 0.3) is 0 Å². The maximum atomic E-state index is 12.4. The number of fused-ring (bicyclic) bond motifs is 3. The molecule has 4 atom stereocenters. The number of carboxylic acid groups (broad SMARTS) is 1. The fourth-order valence-corrected chi connectivity index (χ4v) is 4.60. The van der Waals surface area contributed by atoms with E-state index in [0.717, 1.165) is 0 Å². The molecule has 5 rings (SSSR count). The summed E-state index contributed by atoms with van der Waals surface area (Å²) in [5.41, 5.74) is 0.269. The third-order valence-corrected chi connectivity index (χ3v) is 6.30. The molecule has 29 heavy (non-hydrogen) atoms. The van der Waals surface area contributed by atoms with Gasteiger partial charge in [0.2, 0.25) is 5.91 Å². The summed E-state index contributed by atoms with van der Waals surface area (Å²) in [7, 11) is 0. The first kappa shape index (κ1) is 18.7. The highest BCUT2D eigenvalue weighted by molar-refractivity contribution is 6.62. The van der Waals surface area contributed by atoms with E-state index in [1.54, 1.807) is 11.0 Å². The third kappa shape index (κ3) is 3.05. The second-order valence-corrected chi connectivity index (χ2v) is 8.36. The number of rotatable bonds is 4. The van der Waals surface area contributed by atoms with Gasteiger partial charge in [0.05, 0.1) is 42.5 Å². The van der Waals surface area contributed by atoms with Crippen molar-refractivity contribution < 1.29 is 39.2 Å². The molecule has 3 fully saturated rings. The van der Waals surface area contributed by atoms with Crippen molar-refractivity contribution in [2.24, 2.45) is 0 Å². The summed E-state index contributed by atoms with van der Waals surface area (Å²) in [4.78, 5) is 25.7. The van der Waals surface area contributed by atoms with Crippen molar-refractivity contribution >= 4 is 18.6 Å². The number of carboxylic acids is 1. The van der Waals surface area contributed by atoms with E-state index in [1.807, 2.05) is 0 Å². The molecule has 0 spiro atoms. The lowest BCUT2D eigenvalue weighted by atomic mass is 9.68. The zero-order valence-electron chi connectivity index (χ0n) is 15.5. The van der Waals surface area contributed by atoms with Gasteiger partial charge in [-0.1, -0.05) is 18.3 Å². The Bertz CT molecular complexity index is 887. The van der Waals surface area contributed by atoms with E-state index >= 15 is 0 Å². The van der Waals surface area contributed by atoms with Crippen LogP contribution < -0.4 is 19.8 Å². The molecule has 0 aromatic heterocycles. The Morgan fingerprint density at radius 3 is 2.69 bits per heavy atom. The monoisotopic (exact) mass is 404 g/mol. The molecule has 1 aliphatic carbocycles. The maximum absolute atomic E-state index is 12.4. The van der Waals surface area contributed by atoms with E-state index in [-0.39, 0.29) is 42.0 Å². The summed E-state index contributed by atoms with van der Waals surface area (Å²) in [6, 6.07) is 2.79. The van der Waals surface area contributed by atoms with Crippen LogP contribution in [0.15, 0.2) is 12.1 Å². The molecule has 1 saturated carbocycles. The average molecular weight is 404 g/mol. The number of benzene rings is 1. The molecule has 2 saturated heterocycles. The summed E-state index contributed by atoms with van der Waals surface area (Å²) < 4.78 is 11.0. The molecule has 0 bridgehead atoms. The predicted molar refractivity (Wildman–Crippen MR) is 96.1 cm³/mol. The molecule has 4 N–H and O–H groups in total. The summed E-state index contributed by atoms with van der Waals surface area (Å²) in [6.07, 6.45) is -0.0456. The first-order valence-corrected chi connectivity index (χ1v) is 9.78. The lowest BCUT2D eigenvalue weighted by Gasteiger charge is -2.41. The predicted octanol–water partition coefficient (Wildman–Crippen LogP) is -2.46. The maximum Gasteiger partial charge on any atom is 0.434 e. The number of carbonyl (C=O) groups is 2. The van der Waals surface area contributed by atoms with Gasteiger partial charge >= 0.3 is 6.75 Å². The van der Waals surface area contributed by atoms with Gasteiger partial charge in [0.15, 0.2) is 0 Å². The zero-order valence-corrected chi connectivity index (χ0v) is 15.5. The average Bonchev–Trinajstić information content (AvgIpc) is 3.32. The molecule has 4 aliphatic rings. The molecule has 1 aromatic carbocycles. The molecular formula is C18H21BN2O8-2. The standard InChI is InChI=1S/C18H22BN2O8/c22-8-3-13(20-5-8)17(23)21-6-9(7-21)28-14-2-1-10-11-4-12(11)19(26,27)29-16(10)15(14)18(24)25/h1-2,8-9,11-13,20,22,26-27H,3-7H2,(H,24,25)/q-1/p-1/t8-,11+,12+,13+/m1/s1. The highest BCUT2D eigenvalue weighted by atomic mass is 16.6. The molecule has 3 aliphatic heterocycles. The van der Waals surface area contributed by atoms with Gasteiger partial charge in [-0.3, -0.25) is 4.79 Å². The molecule has 156 valence electrons. The van der Waals surface area contributed by atoms with Gasteiger partial charge in [0, 0.05) is 6.54 Å². The number of aliphatic hydroxyl groups excluding tert-OH is 1. The second-order valence-electron chi connectivity index (χ2n) is 8.36. The molecule has 0 unspecified atom stereocenters. The summed E-state index contributed by atoms with van der Waals surface area (Å²) >= 11 is 0. The van der Waals surface area contributed by atoms with Gasteiger partial charge in [-0.2, -0.15) is 0 Å². The summed E-state index contributed by atoms with van der Waals surface area (Å²) in [5, 5.41) is 44.4. The van der Waals surface area contributed by atoms with Crippen LogP contribution in [0, 0.1) is 0 Å². The van der Waals surface area contributed by atoms with Gasteiger partial charge in [0.1, 0.15) is 11.9 Å². The zero-order chi connectivity index (χ0) is 20.5. The smallest absolute Gasteiger partial charge is 0.434 e. The van der Waals surface area contributed by atoms with E-state index in [4.69, 9.17) is 9.39 Å². The number of ether oxygens (including phenoxy) is 1. The largest absolute Gasteiger partial charge is 0.669 e. The number of aliphatic hydroxyl groups is 1. The fourth-order valence-electron chi connectivity index (χ4n) is 4.60. The quantitative estimate of drug-likeness (QED) is 0.400. The Hall–Kier alpha value is -2.34. The number of nitrogens with zero attached hydrogens (tertiary/aromatic N) is 1. The molecule has 3 heterocycles. The number of amides is 1. The van der Waals surface area contributed by atoms with Crippen LogP contribution in [0.5, 0.6) is 11.5 Å². The van der Waals surface area contributed by atoms with E-state index in [2.05, 4.69) is 5.32 Å². The SMILES string of the molecule is O=C([O-])c1c(OC2CN(C(=O)[C@@H]3C[C@@H](O)CN3)C2)ccc2c1O[B-](O)(O)[C@H]1C[C@@H]21. The molecule has 10 nitrogen and oxygen atoms in total. The highest BCUT2D eigenvalue weighted by Crippen LogP contribution is 2.63. The van der Waals surface area contributed by atoms with Crippen LogP contribution in [0.4, 0.5) is 0 Å². The van der Waals surface area contributed by atoms with Gasteiger partial charge in [0.25, 0.3) is 0 Å². The van der Waals surface area contributed by atoms with Crippen molar-refractivity contribution in [3.8, 4) is 11.5 Å². The molecule has 11 heteroatoms. The van der Waals surface area contributed by atoms with Crippen LogP contribution in [0.2, 0.25) is 5.82 Å². The highest BCUT2D eigenvalue weighted by Gasteiger charge is 2.55. The van der Waals surface area contributed by atoms with Crippen LogP contribution >= 0.6 is 0 Å². The second kappa shape index (κ2) is 6.33. The van der Waals surface area contributed by atoms with E-state index < -0.39 is 36.8 Å². The topological polar surface area (TPSA) is 152 Å². The van der Waals surface area contributed by atoms with Crippen molar-refractivity contribution in [1.29, 1.82) is 0 Å². The van der Waals surface area contributed by atoms with Gasteiger partial charge in [-0.15, -0.1) is 0 Å².